The number of nitrogens with one attached hydrogen (secondary N) is 1. The molecule has 5 nitrogen and oxygen atoms in total. The molecule has 68 valence electrons. The van der Waals surface area contributed by atoms with E-state index in [2.05, 4.69) is 5.32 Å². The Morgan fingerprint density at radius 2 is 2.08 bits per heavy atom. The highest BCUT2D eigenvalue weighted by Gasteiger charge is 2.17. The molecule has 0 aliphatic heterocycles. The first-order chi connectivity index (χ1) is 5.67. The van der Waals surface area contributed by atoms with Crippen LogP contribution in [0, 0.1) is 0 Å². The summed E-state index contributed by atoms with van der Waals surface area (Å²) in [5.41, 5.74) is 0. The standard InChI is InChI=1S/C7H12N2O3/c1-3-6(11)9(4-5-10)7(12)8-2/h5H,3-4H2,1-2H3,(H,8,12). The van der Waals surface area contributed by atoms with Crippen LogP contribution in [0.2, 0.25) is 0 Å². The minimum atomic E-state index is -0.547. The SMILES string of the molecule is CCC(=O)N(CC=O)C(=O)NC. The number of aldehydes is 1. The zero-order valence-corrected chi connectivity index (χ0v) is 7.16. The number of rotatable bonds is 3. The van der Waals surface area contributed by atoms with Gasteiger partial charge in [-0.25, -0.2) is 4.79 Å². The molecule has 3 amide bonds. The minimum absolute atomic E-state index is 0.188. The van der Waals surface area contributed by atoms with E-state index >= 15 is 0 Å². The maximum absolute atomic E-state index is 11.0. The quantitative estimate of drug-likeness (QED) is 0.597. The van der Waals surface area contributed by atoms with Gasteiger partial charge in [0.2, 0.25) is 5.91 Å². The van der Waals surface area contributed by atoms with Crippen LogP contribution in [0.25, 0.3) is 0 Å². The molecule has 0 saturated heterocycles. The summed E-state index contributed by atoms with van der Waals surface area (Å²) >= 11 is 0. The molecule has 0 spiro atoms. The Hall–Kier alpha value is -1.39. The molecule has 0 heterocycles. The lowest BCUT2D eigenvalue weighted by Gasteiger charge is -2.16. The predicted octanol–water partition coefficient (Wildman–Crippen LogP) is -0.237. The fourth-order valence-electron chi connectivity index (χ4n) is 0.698. The Morgan fingerprint density at radius 1 is 1.50 bits per heavy atom. The molecule has 0 atom stereocenters. The average Bonchev–Trinajstić information content (AvgIpc) is 2.11. The number of hydrogen-bond acceptors (Lipinski definition) is 3. The minimum Gasteiger partial charge on any atom is -0.341 e. The van der Waals surface area contributed by atoms with Crippen LogP contribution in [0.5, 0.6) is 0 Å². The summed E-state index contributed by atoms with van der Waals surface area (Å²) in [6.07, 6.45) is 0.726. The van der Waals surface area contributed by atoms with Crippen LogP contribution in [-0.4, -0.2) is 36.7 Å². The van der Waals surface area contributed by atoms with Crippen LogP contribution in [0.15, 0.2) is 0 Å². The number of carbonyl (C=O) groups excluding carboxylic acids is 3. The summed E-state index contributed by atoms with van der Waals surface area (Å²) in [6.45, 7) is 1.44. The third-order valence-corrected chi connectivity index (χ3v) is 1.32. The fourth-order valence-corrected chi connectivity index (χ4v) is 0.698. The Labute approximate surface area is 70.7 Å². The number of hydrogen-bond donors (Lipinski definition) is 1. The van der Waals surface area contributed by atoms with Gasteiger partial charge in [-0.3, -0.25) is 9.69 Å². The zero-order valence-electron chi connectivity index (χ0n) is 7.16. The summed E-state index contributed by atoms with van der Waals surface area (Å²) in [7, 11) is 1.41. The van der Waals surface area contributed by atoms with Gasteiger partial charge in [0.25, 0.3) is 0 Å². The van der Waals surface area contributed by atoms with Crippen LogP contribution >= 0.6 is 0 Å². The van der Waals surface area contributed by atoms with E-state index in [9.17, 15) is 14.4 Å². The van der Waals surface area contributed by atoms with E-state index in [4.69, 9.17) is 0 Å². The predicted molar refractivity (Wildman–Crippen MR) is 42.5 cm³/mol. The summed E-state index contributed by atoms with van der Waals surface area (Å²) < 4.78 is 0. The molecule has 0 aliphatic rings. The molecule has 0 aromatic carbocycles. The molecule has 0 rings (SSSR count). The van der Waals surface area contributed by atoms with Crippen molar-refractivity contribution in [3.63, 3.8) is 0 Å². The van der Waals surface area contributed by atoms with Gasteiger partial charge in [-0.2, -0.15) is 0 Å². The van der Waals surface area contributed by atoms with Gasteiger partial charge in [-0.1, -0.05) is 6.92 Å². The lowest BCUT2D eigenvalue weighted by Crippen LogP contribution is -2.43. The van der Waals surface area contributed by atoms with Crippen molar-refractivity contribution in [3.05, 3.63) is 0 Å². The number of amides is 3. The van der Waals surface area contributed by atoms with Gasteiger partial charge in [0, 0.05) is 13.5 Å². The monoisotopic (exact) mass is 172 g/mol. The zero-order chi connectivity index (χ0) is 9.56. The lowest BCUT2D eigenvalue weighted by molar-refractivity contribution is -0.129. The van der Waals surface area contributed by atoms with Gasteiger partial charge in [0.1, 0.15) is 6.29 Å². The first-order valence-electron chi connectivity index (χ1n) is 3.63. The van der Waals surface area contributed by atoms with Crippen LogP contribution in [0.4, 0.5) is 4.79 Å². The number of carbonyl (C=O) groups is 3. The van der Waals surface area contributed by atoms with Gasteiger partial charge in [-0.15, -0.1) is 0 Å². The Bertz CT molecular complexity index is 175. The molecule has 0 saturated carbocycles. The van der Waals surface area contributed by atoms with E-state index in [1.807, 2.05) is 0 Å². The molecular weight excluding hydrogens is 160 g/mol. The van der Waals surface area contributed by atoms with Crippen molar-refractivity contribution in [2.75, 3.05) is 13.6 Å². The Morgan fingerprint density at radius 3 is 2.42 bits per heavy atom. The number of imide groups is 1. The molecule has 0 radical (unpaired) electrons. The molecule has 0 bridgehead atoms. The van der Waals surface area contributed by atoms with Gasteiger partial charge in [0.05, 0.1) is 6.54 Å². The highest BCUT2D eigenvalue weighted by molar-refractivity contribution is 5.95. The summed E-state index contributed by atoms with van der Waals surface area (Å²) in [6, 6.07) is -0.547. The van der Waals surface area contributed by atoms with Crippen molar-refractivity contribution in [1.82, 2.24) is 10.2 Å². The lowest BCUT2D eigenvalue weighted by atomic mass is 10.4. The van der Waals surface area contributed by atoms with Gasteiger partial charge < -0.3 is 10.1 Å². The molecule has 0 fully saturated rings. The van der Waals surface area contributed by atoms with Crippen molar-refractivity contribution >= 4 is 18.2 Å². The molecule has 0 aromatic rings. The summed E-state index contributed by atoms with van der Waals surface area (Å²) in [4.78, 5) is 32.9. The third kappa shape index (κ3) is 2.69. The van der Waals surface area contributed by atoms with Crippen LogP contribution in [0.1, 0.15) is 13.3 Å². The maximum Gasteiger partial charge on any atom is 0.324 e. The van der Waals surface area contributed by atoms with Gasteiger partial charge in [0.15, 0.2) is 0 Å². The first kappa shape index (κ1) is 10.6. The van der Waals surface area contributed by atoms with Crippen molar-refractivity contribution in [3.8, 4) is 0 Å². The number of nitrogens with zero attached hydrogens (tertiary/aromatic N) is 1. The van der Waals surface area contributed by atoms with E-state index in [0.717, 1.165) is 4.90 Å². The van der Waals surface area contributed by atoms with Crippen molar-refractivity contribution in [2.45, 2.75) is 13.3 Å². The maximum atomic E-state index is 11.0. The van der Waals surface area contributed by atoms with Crippen molar-refractivity contribution in [1.29, 1.82) is 0 Å². The average molecular weight is 172 g/mol. The summed E-state index contributed by atoms with van der Waals surface area (Å²) in [5.74, 6) is -0.360. The van der Waals surface area contributed by atoms with Gasteiger partial charge >= 0.3 is 6.03 Å². The van der Waals surface area contributed by atoms with Crippen LogP contribution in [0.3, 0.4) is 0 Å². The molecule has 12 heavy (non-hydrogen) atoms. The van der Waals surface area contributed by atoms with E-state index < -0.39 is 6.03 Å². The van der Waals surface area contributed by atoms with E-state index in [-0.39, 0.29) is 18.9 Å². The van der Waals surface area contributed by atoms with Crippen LogP contribution in [-0.2, 0) is 9.59 Å². The summed E-state index contributed by atoms with van der Waals surface area (Å²) in [5, 5.41) is 2.27. The molecule has 0 aliphatic carbocycles. The second-order valence-corrected chi connectivity index (χ2v) is 2.08. The second-order valence-electron chi connectivity index (χ2n) is 2.08. The highest BCUT2D eigenvalue weighted by atomic mass is 16.2. The Balaban J connectivity index is 4.31. The Kier molecular flexibility index (Phi) is 4.67. The third-order valence-electron chi connectivity index (χ3n) is 1.32. The van der Waals surface area contributed by atoms with E-state index in [1.165, 1.54) is 7.05 Å². The second kappa shape index (κ2) is 5.29. The van der Waals surface area contributed by atoms with Gasteiger partial charge in [-0.05, 0) is 0 Å². The molecule has 0 unspecified atom stereocenters. The van der Waals surface area contributed by atoms with E-state index in [1.54, 1.807) is 6.92 Å². The number of urea groups is 1. The van der Waals surface area contributed by atoms with Crippen molar-refractivity contribution in [2.24, 2.45) is 0 Å². The molecule has 1 N–H and O–H groups in total. The highest BCUT2D eigenvalue weighted by Crippen LogP contribution is 1.92. The normalized spacial score (nSPS) is 8.83. The topological polar surface area (TPSA) is 66.5 Å². The molecular formula is C7H12N2O3. The van der Waals surface area contributed by atoms with Crippen molar-refractivity contribution < 1.29 is 14.4 Å². The van der Waals surface area contributed by atoms with E-state index in [0.29, 0.717) is 6.29 Å². The van der Waals surface area contributed by atoms with Crippen LogP contribution < -0.4 is 5.32 Å². The molecule has 0 aromatic heterocycles. The fraction of sp³-hybridized carbons (Fsp3) is 0.571. The molecule has 5 heteroatoms. The first-order valence-corrected chi connectivity index (χ1v) is 3.63. The largest absolute Gasteiger partial charge is 0.341 e. The smallest absolute Gasteiger partial charge is 0.324 e.